The first-order valence-corrected chi connectivity index (χ1v) is 14.8. The number of nitrogens with one attached hydrogen (secondary N) is 2. The van der Waals surface area contributed by atoms with Gasteiger partial charge in [-0.1, -0.05) is 34.6 Å². The highest BCUT2D eigenvalue weighted by atomic mass is 16.5. The Balaban J connectivity index is 1.40. The van der Waals surface area contributed by atoms with E-state index in [9.17, 15) is 9.90 Å². The highest BCUT2D eigenvalue weighted by molar-refractivity contribution is 5.69. The normalized spacial score (nSPS) is 43.8. The molecule has 0 aliphatic heterocycles. The summed E-state index contributed by atoms with van der Waals surface area (Å²) in [5, 5.41) is 19.0. The van der Waals surface area contributed by atoms with Gasteiger partial charge < -0.3 is 20.5 Å². The second-order valence-corrected chi connectivity index (χ2v) is 13.7. The standard InChI is InChI=1S/C30H54N2O3/c1-19(2)31-15-16-32-22-11-13-29(4)21(17-22)18-26(33)28-24-9-8-23(20(3)7-10-27(34)35-6)30(24,5)14-12-25(28)29/h19-26,28,31-33H,7-18H2,1-6H3/t20-,21+,22?,23?,24?,25?,26-,28?,29+,30-/m1/s1. The summed E-state index contributed by atoms with van der Waals surface area (Å²) in [7, 11) is 1.49. The molecule has 0 aromatic rings. The Morgan fingerprint density at radius 3 is 2.43 bits per heavy atom. The number of fused-ring (bicyclic) bond motifs is 5. The van der Waals surface area contributed by atoms with Crippen LogP contribution in [-0.4, -0.2) is 49.5 Å². The number of ether oxygens (including phenoxy) is 1. The zero-order chi connectivity index (χ0) is 25.4. The fourth-order valence-corrected chi connectivity index (χ4v) is 9.67. The molecular weight excluding hydrogens is 436 g/mol. The average molecular weight is 491 g/mol. The monoisotopic (exact) mass is 490 g/mol. The zero-order valence-electron chi connectivity index (χ0n) is 23.4. The quantitative estimate of drug-likeness (QED) is 0.308. The molecule has 0 spiro atoms. The number of aliphatic hydroxyl groups is 1. The van der Waals surface area contributed by atoms with Gasteiger partial charge >= 0.3 is 5.97 Å². The lowest BCUT2D eigenvalue weighted by Gasteiger charge is -2.62. The summed E-state index contributed by atoms with van der Waals surface area (Å²) in [6.07, 6.45) is 11.2. The summed E-state index contributed by atoms with van der Waals surface area (Å²) in [6, 6.07) is 1.14. The van der Waals surface area contributed by atoms with Gasteiger partial charge in [0.1, 0.15) is 0 Å². The lowest BCUT2D eigenvalue weighted by molar-refractivity contribution is -0.167. The minimum Gasteiger partial charge on any atom is -0.469 e. The van der Waals surface area contributed by atoms with Crippen molar-refractivity contribution in [3.8, 4) is 0 Å². The van der Waals surface area contributed by atoms with E-state index in [4.69, 9.17) is 4.74 Å². The Kier molecular flexibility index (Phi) is 8.60. The predicted octanol–water partition coefficient (Wildman–Crippen LogP) is 5.16. The number of aliphatic hydroxyl groups excluding tert-OH is 1. The molecule has 5 unspecified atom stereocenters. The minimum absolute atomic E-state index is 0.0804. The summed E-state index contributed by atoms with van der Waals surface area (Å²) < 4.78 is 4.91. The van der Waals surface area contributed by atoms with Crippen LogP contribution < -0.4 is 10.6 Å². The van der Waals surface area contributed by atoms with E-state index in [2.05, 4.69) is 45.3 Å². The van der Waals surface area contributed by atoms with E-state index in [0.29, 0.717) is 64.8 Å². The van der Waals surface area contributed by atoms with Crippen LogP contribution >= 0.6 is 0 Å². The molecule has 5 heteroatoms. The largest absolute Gasteiger partial charge is 0.469 e. The Bertz CT molecular complexity index is 728. The number of esters is 1. The third kappa shape index (κ3) is 5.34. The topological polar surface area (TPSA) is 70.6 Å². The molecule has 0 heterocycles. The molecule has 0 bridgehead atoms. The fourth-order valence-electron chi connectivity index (χ4n) is 9.67. The van der Waals surface area contributed by atoms with Crippen molar-refractivity contribution in [1.82, 2.24) is 10.6 Å². The molecule has 4 aliphatic carbocycles. The van der Waals surface area contributed by atoms with E-state index in [1.807, 2.05) is 0 Å². The molecule has 4 saturated carbocycles. The molecule has 0 aromatic carbocycles. The summed E-state index contributed by atoms with van der Waals surface area (Å²) in [4.78, 5) is 11.8. The van der Waals surface area contributed by atoms with E-state index in [-0.39, 0.29) is 12.1 Å². The molecule has 5 nitrogen and oxygen atoms in total. The van der Waals surface area contributed by atoms with E-state index in [1.54, 1.807) is 0 Å². The van der Waals surface area contributed by atoms with Crippen molar-refractivity contribution >= 4 is 5.97 Å². The molecule has 202 valence electrons. The number of rotatable bonds is 9. The van der Waals surface area contributed by atoms with Crippen LogP contribution in [0.3, 0.4) is 0 Å². The van der Waals surface area contributed by atoms with Crippen LogP contribution in [0.25, 0.3) is 0 Å². The third-order valence-corrected chi connectivity index (χ3v) is 11.6. The van der Waals surface area contributed by atoms with E-state index < -0.39 is 0 Å². The van der Waals surface area contributed by atoms with Gasteiger partial charge in [-0.2, -0.15) is 0 Å². The van der Waals surface area contributed by atoms with Gasteiger partial charge in [-0.05, 0) is 104 Å². The fraction of sp³-hybridized carbons (Fsp3) is 0.967. The Morgan fingerprint density at radius 1 is 1.00 bits per heavy atom. The maximum Gasteiger partial charge on any atom is 0.305 e. The molecule has 35 heavy (non-hydrogen) atoms. The number of hydrogen-bond donors (Lipinski definition) is 3. The van der Waals surface area contributed by atoms with Crippen LogP contribution in [0.5, 0.6) is 0 Å². The second-order valence-electron chi connectivity index (χ2n) is 13.7. The molecule has 4 aliphatic rings. The van der Waals surface area contributed by atoms with Crippen molar-refractivity contribution in [3.05, 3.63) is 0 Å². The molecular formula is C30H54N2O3. The SMILES string of the molecule is COC(=O)CC[C@@H](C)C1CCC2C3C(CC[C@@]21C)[C@@]1(C)CCC(NCCNC(C)C)C[C@H]1C[C@H]3O. The van der Waals surface area contributed by atoms with Gasteiger partial charge in [-0.25, -0.2) is 0 Å². The van der Waals surface area contributed by atoms with Crippen molar-refractivity contribution < 1.29 is 14.6 Å². The van der Waals surface area contributed by atoms with Crippen LogP contribution in [0.1, 0.15) is 98.8 Å². The van der Waals surface area contributed by atoms with Crippen LogP contribution in [0, 0.1) is 46.3 Å². The van der Waals surface area contributed by atoms with Gasteiger partial charge in [0.2, 0.25) is 0 Å². The highest BCUT2D eigenvalue weighted by Gasteiger charge is 2.62. The van der Waals surface area contributed by atoms with Crippen LogP contribution in [-0.2, 0) is 9.53 Å². The number of hydrogen-bond acceptors (Lipinski definition) is 5. The predicted molar refractivity (Wildman–Crippen MR) is 142 cm³/mol. The van der Waals surface area contributed by atoms with Crippen molar-refractivity contribution in [2.75, 3.05) is 20.2 Å². The van der Waals surface area contributed by atoms with Gasteiger partial charge in [0.15, 0.2) is 0 Å². The first-order chi connectivity index (χ1) is 16.6. The molecule has 10 atom stereocenters. The molecule has 3 N–H and O–H groups in total. The van der Waals surface area contributed by atoms with Crippen LogP contribution in [0.15, 0.2) is 0 Å². The second kappa shape index (κ2) is 11.0. The molecule has 0 amide bonds. The van der Waals surface area contributed by atoms with Gasteiger partial charge in [0.05, 0.1) is 13.2 Å². The molecule has 0 aromatic heterocycles. The van der Waals surface area contributed by atoms with Gasteiger partial charge in [-0.15, -0.1) is 0 Å². The maximum atomic E-state index is 11.8. The van der Waals surface area contributed by atoms with Crippen LogP contribution in [0.2, 0.25) is 0 Å². The number of methoxy groups -OCH3 is 1. The average Bonchev–Trinajstić information content (AvgIpc) is 3.17. The summed E-state index contributed by atoms with van der Waals surface area (Å²) in [6.45, 7) is 14.0. The summed E-state index contributed by atoms with van der Waals surface area (Å²) in [5.41, 5.74) is 0.692. The number of carbonyl (C=O) groups is 1. The minimum atomic E-state index is -0.145. The Morgan fingerprint density at radius 2 is 1.71 bits per heavy atom. The van der Waals surface area contributed by atoms with Gasteiger partial charge in [0.25, 0.3) is 0 Å². The third-order valence-electron chi connectivity index (χ3n) is 11.6. The lowest BCUT2D eigenvalue weighted by Crippen LogP contribution is -2.59. The van der Waals surface area contributed by atoms with Crippen LogP contribution in [0.4, 0.5) is 0 Å². The Labute approximate surface area is 214 Å². The first kappa shape index (κ1) is 27.4. The van der Waals surface area contributed by atoms with Gasteiger partial charge in [0, 0.05) is 31.6 Å². The lowest BCUT2D eigenvalue weighted by atomic mass is 9.43. The van der Waals surface area contributed by atoms with E-state index >= 15 is 0 Å². The molecule has 4 rings (SSSR count). The summed E-state index contributed by atoms with van der Waals surface area (Å²) in [5.74, 6) is 3.53. The summed E-state index contributed by atoms with van der Waals surface area (Å²) >= 11 is 0. The zero-order valence-corrected chi connectivity index (χ0v) is 23.4. The highest BCUT2D eigenvalue weighted by Crippen LogP contribution is 2.68. The Hall–Kier alpha value is -0.650. The van der Waals surface area contributed by atoms with Crippen molar-refractivity contribution in [3.63, 3.8) is 0 Å². The van der Waals surface area contributed by atoms with E-state index in [0.717, 1.165) is 25.9 Å². The van der Waals surface area contributed by atoms with E-state index in [1.165, 1.54) is 52.1 Å². The van der Waals surface area contributed by atoms with Crippen molar-refractivity contribution in [2.45, 2.75) is 117 Å². The van der Waals surface area contributed by atoms with Crippen molar-refractivity contribution in [2.24, 2.45) is 46.3 Å². The number of carbonyl (C=O) groups excluding carboxylic acids is 1. The maximum absolute atomic E-state index is 11.8. The molecule has 4 fully saturated rings. The smallest absolute Gasteiger partial charge is 0.305 e. The molecule has 0 saturated heterocycles. The molecule has 0 radical (unpaired) electrons. The van der Waals surface area contributed by atoms with Crippen molar-refractivity contribution in [1.29, 1.82) is 0 Å². The first-order valence-electron chi connectivity index (χ1n) is 14.8. The van der Waals surface area contributed by atoms with Gasteiger partial charge in [-0.3, -0.25) is 4.79 Å².